The van der Waals surface area contributed by atoms with Gasteiger partial charge in [0.2, 0.25) is 0 Å². The van der Waals surface area contributed by atoms with Gasteiger partial charge in [-0.15, -0.1) is 0 Å². The normalized spacial score (nSPS) is 10.4. The monoisotopic (exact) mass is 258 g/mol. The first-order valence-corrected chi connectivity index (χ1v) is 4.75. The summed E-state index contributed by atoms with van der Waals surface area (Å²) in [5.74, 6) is -0.919. The van der Waals surface area contributed by atoms with E-state index in [0.29, 0.717) is 0 Å². The lowest BCUT2D eigenvalue weighted by molar-refractivity contribution is -0.140. The largest absolute Gasteiger partial charge is 0.478 e. The number of carbonyl (C=O) groups is 1. The number of hydrogen-bond acceptors (Lipinski definition) is 2. The van der Waals surface area contributed by atoms with Gasteiger partial charge in [0, 0.05) is 18.6 Å². The van der Waals surface area contributed by atoms with Crippen LogP contribution in [0.15, 0.2) is 42.9 Å². The van der Waals surface area contributed by atoms with Crippen molar-refractivity contribution in [3.05, 3.63) is 54.1 Å². The predicted molar refractivity (Wildman–Crippen MR) is 57.0 cm³/mol. The lowest BCUT2D eigenvalue weighted by atomic mass is 10.3. The van der Waals surface area contributed by atoms with E-state index in [1.807, 2.05) is 0 Å². The molecule has 0 spiro atoms. The molecule has 0 aliphatic heterocycles. The van der Waals surface area contributed by atoms with Crippen LogP contribution in [0.2, 0.25) is 0 Å². The molecule has 2 aromatic rings. The molecule has 2 rings (SSSR count). The molecule has 2 aromatic heterocycles. The van der Waals surface area contributed by atoms with Crippen LogP contribution in [0.3, 0.4) is 0 Å². The summed E-state index contributed by atoms with van der Waals surface area (Å²) >= 11 is 0. The molecular formula is C11H9F3N2O2. The first-order valence-electron chi connectivity index (χ1n) is 4.75. The van der Waals surface area contributed by atoms with Gasteiger partial charge in [0.1, 0.15) is 5.69 Å². The Balaban J connectivity index is 0.000000180. The van der Waals surface area contributed by atoms with Crippen LogP contribution in [0.5, 0.6) is 0 Å². The highest BCUT2D eigenvalue weighted by molar-refractivity contribution is 5.87. The number of pyridine rings is 1. The number of aromatic nitrogens is 2. The van der Waals surface area contributed by atoms with Gasteiger partial charge >= 0.3 is 12.1 Å². The Labute approximate surface area is 100 Å². The second kappa shape index (κ2) is 5.85. The molecular weight excluding hydrogens is 249 g/mol. The van der Waals surface area contributed by atoms with Gasteiger partial charge in [0.15, 0.2) is 0 Å². The minimum Gasteiger partial charge on any atom is -0.478 e. The topological polar surface area (TPSA) is 66.0 Å². The van der Waals surface area contributed by atoms with Crippen LogP contribution >= 0.6 is 0 Å². The highest BCUT2D eigenvalue weighted by Crippen LogP contribution is 2.26. The molecule has 4 nitrogen and oxygen atoms in total. The zero-order valence-electron chi connectivity index (χ0n) is 8.98. The van der Waals surface area contributed by atoms with Crippen LogP contribution in [-0.2, 0) is 6.18 Å². The van der Waals surface area contributed by atoms with Gasteiger partial charge in [0.25, 0.3) is 0 Å². The quantitative estimate of drug-likeness (QED) is 0.826. The van der Waals surface area contributed by atoms with Crippen LogP contribution in [-0.4, -0.2) is 21.0 Å². The zero-order valence-corrected chi connectivity index (χ0v) is 8.98. The van der Waals surface area contributed by atoms with E-state index in [2.05, 4.69) is 9.97 Å². The lowest BCUT2D eigenvalue weighted by Gasteiger charge is -2.00. The minimum absolute atomic E-state index is 0.269. The van der Waals surface area contributed by atoms with Gasteiger partial charge < -0.3 is 10.1 Å². The summed E-state index contributed by atoms with van der Waals surface area (Å²) < 4.78 is 34.8. The number of aromatic carboxylic acids is 1. The Bertz CT molecular complexity index is 481. The smallest absolute Gasteiger partial charge is 0.431 e. The molecule has 0 saturated carbocycles. The Morgan fingerprint density at radius 2 is 1.83 bits per heavy atom. The summed E-state index contributed by atoms with van der Waals surface area (Å²) in [5.41, 5.74) is -0.438. The van der Waals surface area contributed by atoms with E-state index >= 15 is 0 Å². The molecule has 0 aliphatic carbocycles. The summed E-state index contributed by atoms with van der Waals surface area (Å²) in [6.07, 6.45) is -0.0980. The van der Waals surface area contributed by atoms with Crippen molar-refractivity contribution < 1.29 is 23.1 Å². The van der Waals surface area contributed by atoms with Crippen molar-refractivity contribution in [2.24, 2.45) is 0 Å². The highest BCUT2D eigenvalue weighted by Gasteiger charge is 2.30. The zero-order chi connectivity index (χ0) is 13.6. The number of nitrogens with zero attached hydrogens (tertiary/aromatic N) is 1. The highest BCUT2D eigenvalue weighted by atomic mass is 19.4. The fourth-order valence-corrected chi connectivity index (χ4v) is 1.00. The van der Waals surface area contributed by atoms with Crippen molar-refractivity contribution in [2.45, 2.75) is 6.18 Å². The summed E-state index contributed by atoms with van der Waals surface area (Å²) in [7, 11) is 0. The lowest BCUT2D eigenvalue weighted by Crippen LogP contribution is -2.04. The molecule has 18 heavy (non-hydrogen) atoms. The number of carboxylic acid groups (broad SMARTS) is 1. The number of carboxylic acids is 1. The summed E-state index contributed by atoms with van der Waals surface area (Å²) in [6.45, 7) is 0. The van der Waals surface area contributed by atoms with Crippen molar-refractivity contribution in [2.75, 3.05) is 0 Å². The van der Waals surface area contributed by atoms with Gasteiger partial charge in [-0.2, -0.15) is 13.2 Å². The van der Waals surface area contributed by atoms with Crippen molar-refractivity contribution in [1.29, 1.82) is 0 Å². The predicted octanol–water partition coefficient (Wildman–Crippen LogP) is 2.81. The fourth-order valence-electron chi connectivity index (χ4n) is 1.00. The Morgan fingerprint density at radius 1 is 1.22 bits per heavy atom. The molecule has 0 aliphatic rings. The summed E-state index contributed by atoms with van der Waals surface area (Å²) in [5, 5.41) is 8.36. The van der Waals surface area contributed by atoms with Crippen LogP contribution < -0.4 is 0 Å². The number of aromatic amines is 1. The number of hydrogen-bond donors (Lipinski definition) is 2. The molecule has 0 bridgehead atoms. The molecule has 0 unspecified atom stereocenters. The standard InChI is InChI=1S/C6H5NO2.C5H4F3N/c8-6(9)5-1-3-7-4-2-5;6-5(7,8)4-2-1-3-9-4/h1-4H,(H,8,9);1-3,9H. The van der Waals surface area contributed by atoms with E-state index in [-0.39, 0.29) is 5.56 Å². The molecule has 0 radical (unpaired) electrons. The van der Waals surface area contributed by atoms with Crippen molar-refractivity contribution in [3.63, 3.8) is 0 Å². The number of halogens is 3. The summed E-state index contributed by atoms with van der Waals surface area (Å²) in [4.78, 5) is 15.9. The van der Waals surface area contributed by atoms with Gasteiger partial charge in [-0.3, -0.25) is 4.98 Å². The number of H-pyrrole nitrogens is 1. The van der Waals surface area contributed by atoms with Crippen LogP contribution in [0.25, 0.3) is 0 Å². The maximum absolute atomic E-state index is 11.6. The van der Waals surface area contributed by atoms with E-state index in [9.17, 15) is 18.0 Å². The fraction of sp³-hybridized carbons (Fsp3) is 0.0909. The Kier molecular flexibility index (Phi) is 4.47. The third kappa shape index (κ3) is 4.28. The molecule has 2 N–H and O–H groups in total. The van der Waals surface area contributed by atoms with Crippen LogP contribution in [0, 0.1) is 0 Å². The number of alkyl halides is 3. The molecule has 0 amide bonds. The molecule has 0 fully saturated rings. The summed E-state index contributed by atoms with van der Waals surface area (Å²) in [6, 6.07) is 5.19. The van der Waals surface area contributed by atoms with Crippen LogP contribution in [0.4, 0.5) is 13.2 Å². The van der Waals surface area contributed by atoms with Crippen molar-refractivity contribution >= 4 is 5.97 Å². The molecule has 7 heteroatoms. The van der Waals surface area contributed by atoms with E-state index < -0.39 is 17.8 Å². The SMILES string of the molecule is FC(F)(F)c1ccc[nH]1.O=C(O)c1ccncc1. The molecule has 0 aromatic carbocycles. The third-order valence-electron chi connectivity index (χ3n) is 1.83. The van der Waals surface area contributed by atoms with E-state index in [4.69, 9.17) is 5.11 Å². The first-order chi connectivity index (χ1) is 8.41. The number of rotatable bonds is 1. The first kappa shape index (κ1) is 13.8. The van der Waals surface area contributed by atoms with Gasteiger partial charge in [-0.05, 0) is 24.3 Å². The second-order valence-corrected chi connectivity index (χ2v) is 3.12. The van der Waals surface area contributed by atoms with E-state index in [1.54, 1.807) is 0 Å². The molecule has 0 atom stereocenters. The van der Waals surface area contributed by atoms with Gasteiger partial charge in [-0.1, -0.05) is 0 Å². The Morgan fingerprint density at radius 3 is 2.11 bits per heavy atom. The number of nitrogens with one attached hydrogen (secondary N) is 1. The van der Waals surface area contributed by atoms with Gasteiger partial charge in [-0.25, -0.2) is 4.79 Å². The molecule has 0 saturated heterocycles. The average molecular weight is 258 g/mol. The van der Waals surface area contributed by atoms with Crippen molar-refractivity contribution in [3.8, 4) is 0 Å². The second-order valence-electron chi connectivity index (χ2n) is 3.12. The Hall–Kier alpha value is -2.31. The van der Waals surface area contributed by atoms with Gasteiger partial charge in [0.05, 0.1) is 5.56 Å². The maximum atomic E-state index is 11.6. The van der Waals surface area contributed by atoms with E-state index in [0.717, 1.165) is 6.07 Å². The third-order valence-corrected chi connectivity index (χ3v) is 1.83. The van der Waals surface area contributed by atoms with Crippen molar-refractivity contribution in [1.82, 2.24) is 9.97 Å². The molecule has 2 heterocycles. The minimum atomic E-state index is -4.23. The maximum Gasteiger partial charge on any atom is 0.431 e. The van der Waals surface area contributed by atoms with E-state index in [1.165, 1.54) is 36.8 Å². The molecule has 96 valence electrons. The van der Waals surface area contributed by atoms with Crippen LogP contribution in [0.1, 0.15) is 16.1 Å². The average Bonchev–Trinajstić information content (AvgIpc) is 2.84.